The Balaban J connectivity index is 1.95. The monoisotopic (exact) mass is 304 g/mol. The first-order valence-electron chi connectivity index (χ1n) is 6.98. The highest BCUT2D eigenvalue weighted by atomic mass is 19.4. The summed E-state index contributed by atoms with van der Waals surface area (Å²) in [7, 11) is 1.47. The molecule has 0 spiro atoms. The van der Waals surface area contributed by atoms with Crippen LogP contribution >= 0.6 is 0 Å². The van der Waals surface area contributed by atoms with Crippen molar-refractivity contribution in [2.45, 2.75) is 25.4 Å². The first kappa shape index (κ1) is 15.8. The molecule has 1 fully saturated rings. The third-order valence-electron chi connectivity index (χ3n) is 3.32. The summed E-state index contributed by atoms with van der Waals surface area (Å²) in [6.45, 7) is 3.04. The van der Waals surface area contributed by atoms with Crippen LogP contribution in [0.3, 0.4) is 0 Å². The molecule has 0 amide bonds. The van der Waals surface area contributed by atoms with Crippen LogP contribution in [0.4, 0.5) is 19.1 Å². The summed E-state index contributed by atoms with van der Waals surface area (Å²) in [6.07, 6.45) is -0.950. The van der Waals surface area contributed by atoms with Crippen LogP contribution in [0.25, 0.3) is 0 Å². The third-order valence-corrected chi connectivity index (χ3v) is 3.32. The van der Waals surface area contributed by atoms with Gasteiger partial charge in [0, 0.05) is 19.7 Å². The lowest BCUT2D eigenvalue weighted by atomic mass is 10.1. The number of likely N-dealkylation sites (tertiary alicyclic amines) is 1. The topological polar surface area (TPSA) is 50.3 Å². The van der Waals surface area contributed by atoms with E-state index in [1.807, 2.05) is 0 Å². The second-order valence-electron chi connectivity index (χ2n) is 4.91. The Morgan fingerprint density at radius 1 is 1.24 bits per heavy atom. The summed E-state index contributed by atoms with van der Waals surface area (Å²) < 4.78 is 43.5. The molecule has 0 aromatic carbocycles. The quantitative estimate of drug-likeness (QED) is 0.905. The zero-order valence-electron chi connectivity index (χ0n) is 11.9. The average Bonchev–Trinajstić information content (AvgIpc) is 2.47. The number of nitrogens with zero attached hydrogens (tertiary/aromatic N) is 3. The summed E-state index contributed by atoms with van der Waals surface area (Å²) in [4.78, 5) is 9.51. The summed E-state index contributed by atoms with van der Waals surface area (Å²) in [5.41, 5.74) is -1.00. The Hall–Kier alpha value is -1.57. The molecule has 0 radical (unpaired) electrons. The van der Waals surface area contributed by atoms with Gasteiger partial charge >= 0.3 is 6.18 Å². The Morgan fingerprint density at radius 2 is 1.95 bits per heavy atom. The minimum Gasteiger partial charge on any atom is -0.476 e. The second-order valence-corrected chi connectivity index (χ2v) is 4.91. The highest BCUT2D eigenvalue weighted by Crippen LogP contribution is 2.30. The number of hydrogen-bond acceptors (Lipinski definition) is 5. The van der Waals surface area contributed by atoms with Gasteiger partial charge in [0.15, 0.2) is 5.69 Å². The van der Waals surface area contributed by atoms with E-state index >= 15 is 0 Å². The molecule has 21 heavy (non-hydrogen) atoms. The van der Waals surface area contributed by atoms with Gasteiger partial charge in [-0.25, -0.2) is 4.98 Å². The van der Waals surface area contributed by atoms with Crippen LogP contribution in [-0.2, 0) is 6.18 Å². The van der Waals surface area contributed by atoms with Gasteiger partial charge in [-0.2, -0.15) is 18.2 Å². The van der Waals surface area contributed by atoms with Crippen molar-refractivity contribution in [1.29, 1.82) is 0 Å². The van der Waals surface area contributed by atoms with Gasteiger partial charge in [-0.1, -0.05) is 6.42 Å². The van der Waals surface area contributed by atoms with E-state index in [0.29, 0.717) is 13.2 Å². The van der Waals surface area contributed by atoms with Gasteiger partial charge in [0.1, 0.15) is 6.61 Å². The van der Waals surface area contributed by atoms with Gasteiger partial charge in [0.2, 0.25) is 11.8 Å². The summed E-state index contributed by atoms with van der Waals surface area (Å²) >= 11 is 0. The highest BCUT2D eigenvalue weighted by molar-refractivity contribution is 5.31. The second kappa shape index (κ2) is 6.93. The van der Waals surface area contributed by atoms with E-state index in [1.54, 1.807) is 0 Å². The van der Waals surface area contributed by atoms with Crippen molar-refractivity contribution in [3.8, 4) is 5.88 Å². The standard InChI is InChI=1S/C13H19F3N4O/c1-17-12-18-10(13(14,15)16)9-11(19-12)21-8-7-20-5-3-2-4-6-20/h9H,2-8H2,1H3,(H,17,18,19). The Kier molecular flexibility index (Phi) is 5.22. The largest absolute Gasteiger partial charge is 0.476 e. The van der Waals surface area contributed by atoms with Gasteiger partial charge in [-0.15, -0.1) is 0 Å². The van der Waals surface area contributed by atoms with Crippen molar-refractivity contribution >= 4 is 5.95 Å². The van der Waals surface area contributed by atoms with Crippen LogP contribution in [0.5, 0.6) is 5.88 Å². The summed E-state index contributed by atoms with van der Waals surface area (Å²) in [5, 5.41) is 2.51. The molecule has 1 saturated heterocycles. The van der Waals surface area contributed by atoms with Crippen LogP contribution in [0, 0.1) is 0 Å². The molecule has 1 aromatic heterocycles. The molecular weight excluding hydrogens is 285 g/mol. The number of rotatable bonds is 5. The molecule has 0 saturated carbocycles. The number of hydrogen-bond donors (Lipinski definition) is 1. The normalized spacial score (nSPS) is 16.8. The van der Waals surface area contributed by atoms with Crippen LogP contribution in [-0.4, -0.2) is 48.2 Å². The number of anilines is 1. The van der Waals surface area contributed by atoms with Gasteiger partial charge in [-0.3, -0.25) is 4.90 Å². The van der Waals surface area contributed by atoms with Crippen molar-refractivity contribution in [2.24, 2.45) is 0 Å². The molecular formula is C13H19F3N4O. The molecule has 1 aliphatic rings. The molecule has 0 aliphatic carbocycles. The summed E-state index contributed by atoms with van der Waals surface area (Å²) in [6, 6.07) is 0.830. The molecule has 2 rings (SSSR count). The zero-order chi connectivity index (χ0) is 15.3. The van der Waals surface area contributed by atoms with E-state index in [0.717, 1.165) is 32.0 Å². The number of ether oxygens (including phenoxy) is 1. The molecule has 1 aromatic rings. The van der Waals surface area contributed by atoms with Crippen molar-refractivity contribution in [3.63, 3.8) is 0 Å². The molecule has 0 atom stereocenters. The number of halogens is 3. The lowest BCUT2D eigenvalue weighted by molar-refractivity contribution is -0.141. The maximum Gasteiger partial charge on any atom is 0.433 e. The minimum atomic E-state index is -4.51. The smallest absolute Gasteiger partial charge is 0.433 e. The van der Waals surface area contributed by atoms with Crippen molar-refractivity contribution in [3.05, 3.63) is 11.8 Å². The molecule has 1 aliphatic heterocycles. The zero-order valence-corrected chi connectivity index (χ0v) is 11.9. The van der Waals surface area contributed by atoms with Crippen LogP contribution in [0.1, 0.15) is 25.0 Å². The van der Waals surface area contributed by atoms with Crippen LogP contribution in [0.15, 0.2) is 6.07 Å². The maximum absolute atomic E-state index is 12.7. The van der Waals surface area contributed by atoms with Gasteiger partial charge in [-0.05, 0) is 25.9 Å². The fourth-order valence-electron chi connectivity index (χ4n) is 2.22. The third kappa shape index (κ3) is 4.73. The summed E-state index contributed by atoms with van der Waals surface area (Å²) in [5.74, 6) is -0.156. The number of aromatic nitrogens is 2. The van der Waals surface area contributed by atoms with E-state index in [1.165, 1.54) is 13.5 Å². The molecule has 8 heteroatoms. The SMILES string of the molecule is CNc1nc(OCCN2CCCCC2)cc(C(F)(F)F)n1. The van der Waals surface area contributed by atoms with Gasteiger partial charge in [0.05, 0.1) is 0 Å². The van der Waals surface area contributed by atoms with Crippen molar-refractivity contribution in [1.82, 2.24) is 14.9 Å². The van der Waals surface area contributed by atoms with Crippen molar-refractivity contribution < 1.29 is 17.9 Å². The van der Waals surface area contributed by atoms with Gasteiger partial charge in [0.25, 0.3) is 0 Å². The maximum atomic E-state index is 12.7. The molecule has 5 nitrogen and oxygen atoms in total. The molecule has 2 heterocycles. The van der Waals surface area contributed by atoms with Crippen molar-refractivity contribution in [2.75, 3.05) is 38.6 Å². The Morgan fingerprint density at radius 3 is 2.57 bits per heavy atom. The lowest BCUT2D eigenvalue weighted by Gasteiger charge is -2.26. The lowest BCUT2D eigenvalue weighted by Crippen LogP contribution is -2.33. The van der Waals surface area contributed by atoms with E-state index < -0.39 is 11.9 Å². The molecule has 1 N–H and O–H groups in total. The fraction of sp³-hybridized carbons (Fsp3) is 0.692. The predicted molar refractivity (Wildman–Crippen MR) is 72.4 cm³/mol. The van der Waals surface area contributed by atoms with Gasteiger partial charge < -0.3 is 10.1 Å². The van der Waals surface area contributed by atoms with E-state index in [-0.39, 0.29) is 11.8 Å². The Labute approximate surface area is 121 Å². The highest BCUT2D eigenvalue weighted by Gasteiger charge is 2.34. The van der Waals surface area contributed by atoms with E-state index in [2.05, 4.69) is 20.2 Å². The Bertz CT molecular complexity index is 461. The number of alkyl halides is 3. The molecule has 118 valence electrons. The molecule has 0 unspecified atom stereocenters. The van der Waals surface area contributed by atoms with E-state index in [9.17, 15) is 13.2 Å². The number of piperidine rings is 1. The average molecular weight is 304 g/mol. The van der Waals surface area contributed by atoms with E-state index in [4.69, 9.17) is 4.74 Å². The fourth-order valence-corrected chi connectivity index (χ4v) is 2.22. The number of nitrogens with one attached hydrogen (secondary N) is 1. The predicted octanol–water partition coefficient (Wildman–Crippen LogP) is 2.40. The minimum absolute atomic E-state index is 0.0568. The first-order chi connectivity index (χ1) is 9.99. The first-order valence-corrected chi connectivity index (χ1v) is 6.98. The molecule has 0 bridgehead atoms. The van der Waals surface area contributed by atoms with Crippen LogP contribution < -0.4 is 10.1 Å². The van der Waals surface area contributed by atoms with Crippen LogP contribution in [0.2, 0.25) is 0 Å².